The molecule has 0 spiro atoms. The largest absolute Gasteiger partial charge is 0.465 e. The van der Waals surface area contributed by atoms with Crippen LogP contribution in [0.2, 0.25) is 0 Å². The van der Waals surface area contributed by atoms with E-state index in [1.54, 1.807) is 5.32 Å². The van der Waals surface area contributed by atoms with E-state index >= 15 is 0 Å². The van der Waals surface area contributed by atoms with Crippen molar-refractivity contribution in [2.24, 2.45) is 5.41 Å². The average molecular weight is 253 g/mol. The monoisotopic (exact) mass is 253 g/mol. The highest BCUT2D eigenvalue weighted by molar-refractivity contribution is 5.79. The number of ether oxygens (including phenoxy) is 1. The summed E-state index contributed by atoms with van der Waals surface area (Å²) < 4.78 is 57.5. The maximum Gasteiger partial charge on any atom is 0.320 e. The molecule has 0 bridgehead atoms. The van der Waals surface area contributed by atoms with Crippen LogP contribution >= 0.6 is 0 Å². The molecule has 0 aliphatic heterocycles. The molecule has 0 fully saturated rings. The van der Waals surface area contributed by atoms with Crippen LogP contribution in [0.15, 0.2) is 0 Å². The Bertz CT molecular complexity index is 521. The molecule has 0 aromatic rings. The van der Waals surface area contributed by atoms with Crippen molar-refractivity contribution in [1.29, 1.82) is 0 Å². The lowest BCUT2D eigenvalue weighted by Gasteiger charge is -2.29. The fraction of sp³-hybridized carbons (Fsp3) is 0.800. The first-order chi connectivity index (χ1) is 10.6. The molecule has 0 unspecified atom stereocenters. The zero-order valence-electron chi connectivity index (χ0n) is 16.4. The van der Waals surface area contributed by atoms with Crippen LogP contribution < -0.4 is 5.32 Å². The van der Waals surface area contributed by atoms with Gasteiger partial charge >= 0.3 is 5.97 Å². The van der Waals surface area contributed by atoms with Gasteiger partial charge in [0.2, 0.25) is 12.5 Å². The summed E-state index contributed by atoms with van der Waals surface area (Å²) in [5, 5.41) is 12.6. The fourth-order valence-corrected chi connectivity index (χ4v) is 0.976. The molecule has 1 amide bonds. The van der Waals surface area contributed by atoms with Gasteiger partial charge in [0.05, 0.1) is 7.98 Å². The quantitative estimate of drug-likeness (QED) is 0.418. The maximum absolute atomic E-state index is 12.3. The number of nitrogens with one attached hydrogen (secondary N) is 1. The van der Waals surface area contributed by atoms with Crippen molar-refractivity contribution < 1.29 is 28.8 Å². The SMILES string of the molecule is [2H]C([2H])([2H])[C@]([2H])(NC(C)=O)[C@@](C[N+](=O)[O-])(C(=O)OCC)C([2H])([2H])[2H]. The molecule has 0 radical (unpaired) electrons. The molecule has 0 heterocycles. The molecule has 7 heteroatoms. The molecule has 17 heavy (non-hydrogen) atoms. The summed E-state index contributed by atoms with van der Waals surface area (Å²) in [6, 6.07) is -3.52. The predicted molar refractivity (Wildman–Crippen MR) is 59.9 cm³/mol. The Kier molecular flexibility index (Phi) is 2.51. The molecule has 0 aromatic heterocycles. The van der Waals surface area contributed by atoms with Gasteiger partial charge in [0.25, 0.3) is 0 Å². The number of carbonyl (C=O) groups excluding carboxylic acids is 2. The van der Waals surface area contributed by atoms with E-state index < -0.39 is 55.1 Å². The number of hydrogen-bond donors (Lipinski definition) is 1. The van der Waals surface area contributed by atoms with Crippen molar-refractivity contribution >= 4 is 11.9 Å². The van der Waals surface area contributed by atoms with E-state index in [0.717, 1.165) is 6.92 Å². The molecule has 0 aliphatic carbocycles. The van der Waals surface area contributed by atoms with Gasteiger partial charge < -0.3 is 10.1 Å². The highest BCUT2D eigenvalue weighted by atomic mass is 16.6. The molecule has 0 saturated carbocycles. The zero-order valence-corrected chi connectivity index (χ0v) is 9.40. The Balaban J connectivity index is 6.87. The van der Waals surface area contributed by atoms with Crippen molar-refractivity contribution in [2.75, 3.05) is 13.2 Å². The highest BCUT2D eigenvalue weighted by Crippen LogP contribution is 2.24. The van der Waals surface area contributed by atoms with E-state index in [4.69, 9.17) is 9.60 Å². The van der Waals surface area contributed by atoms with Gasteiger partial charge in [0.15, 0.2) is 0 Å². The third kappa shape index (κ3) is 4.38. The lowest BCUT2D eigenvalue weighted by molar-refractivity contribution is -0.494. The van der Waals surface area contributed by atoms with Gasteiger partial charge in [-0.15, -0.1) is 0 Å². The Morgan fingerprint density at radius 2 is 2.35 bits per heavy atom. The molecule has 2 atom stereocenters. The first-order valence-corrected chi connectivity index (χ1v) is 4.64. The summed E-state index contributed by atoms with van der Waals surface area (Å²) in [6.07, 6.45) is 0. The molecular formula is C10H18N2O5. The first-order valence-electron chi connectivity index (χ1n) is 8.14. The van der Waals surface area contributed by atoms with Crippen molar-refractivity contribution in [2.45, 2.75) is 33.6 Å². The van der Waals surface area contributed by atoms with Crippen LogP contribution in [0.5, 0.6) is 0 Å². The minimum atomic E-state index is -3.63. The second-order valence-corrected chi connectivity index (χ2v) is 3.17. The highest BCUT2D eigenvalue weighted by Gasteiger charge is 2.45. The molecular weight excluding hydrogens is 228 g/mol. The second kappa shape index (κ2) is 6.17. The molecule has 0 saturated heterocycles. The van der Waals surface area contributed by atoms with E-state index in [0.29, 0.717) is 0 Å². The third-order valence-electron chi connectivity index (χ3n) is 1.72. The Labute approximate surface area is 109 Å². The lowest BCUT2D eigenvalue weighted by atomic mass is 9.83. The number of rotatable bonds is 6. The third-order valence-corrected chi connectivity index (χ3v) is 1.72. The molecule has 0 aliphatic rings. The number of amides is 1. The van der Waals surface area contributed by atoms with Crippen LogP contribution in [-0.4, -0.2) is 36.0 Å². The molecule has 0 aromatic carbocycles. The van der Waals surface area contributed by atoms with E-state index in [2.05, 4.69) is 4.74 Å². The first kappa shape index (κ1) is 6.93. The summed E-state index contributed by atoms with van der Waals surface area (Å²) in [6.45, 7) is -7.32. The molecule has 1 N–H and O–H groups in total. The zero-order chi connectivity index (χ0) is 19.6. The Hall–Kier alpha value is -1.66. The second-order valence-electron chi connectivity index (χ2n) is 3.17. The standard InChI is InChI=1S/C10H18N2O5/c1-5-17-9(14)10(4,6-12(15)16)7(2)11-8(3)13/h7H,5-6H2,1-4H3,(H,11,13)/t7-,10+/m0/s1/i2D3,4D3,7D. The normalized spacial score (nSPS) is 24.9. The summed E-state index contributed by atoms with van der Waals surface area (Å²) in [4.78, 5) is 33.4. The van der Waals surface area contributed by atoms with Crippen LogP contribution in [0.1, 0.15) is 37.1 Å². The Morgan fingerprint density at radius 1 is 1.71 bits per heavy atom. The summed E-state index contributed by atoms with van der Waals surface area (Å²) >= 11 is 0. The number of esters is 1. The summed E-state index contributed by atoms with van der Waals surface area (Å²) in [5.74, 6) is -2.93. The van der Waals surface area contributed by atoms with E-state index in [9.17, 15) is 19.7 Å². The van der Waals surface area contributed by atoms with Crippen molar-refractivity contribution in [3.05, 3.63) is 10.1 Å². The number of hydrogen-bond acceptors (Lipinski definition) is 5. The molecule has 98 valence electrons. The minimum Gasteiger partial charge on any atom is -0.465 e. The topological polar surface area (TPSA) is 98.5 Å². The smallest absolute Gasteiger partial charge is 0.320 e. The van der Waals surface area contributed by atoms with Gasteiger partial charge in [-0.1, -0.05) is 0 Å². The van der Waals surface area contributed by atoms with Crippen molar-refractivity contribution in [3.8, 4) is 0 Å². The van der Waals surface area contributed by atoms with E-state index in [1.165, 1.54) is 6.92 Å². The van der Waals surface area contributed by atoms with Crippen LogP contribution in [0.25, 0.3) is 0 Å². The van der Waals surface area contributed by atoms with Gasteiger partial charge in [0.1, 0.15) is 5.41 Å². The van der Waals surface area contributed by atoms with Crippen molar-refractivity contribution in [1.82, 2.24) is 5.32 Å². The van der Waals surface area contributed by atoms with E-state index in [-0.39, 0.29) is 0 Å². The number of carbonyl (C=O) groups is 2. The number of nitrogens with zero attached hydrogens (tertiary/aromatic N) is 1. The van der Waals surface area contributed by atoms with Gasteiger partial charge in [-0.2, -0.15) is 0 Å². The fourth-order valence-electron chi connectivity index (χ4n) is 0.976. The van der Waals surface area contributed by atoms with E-state index in [1.807, 2.05) is 0 Å². The van der Waals surface area contributed by atoms with Gasteiger partial charge in [-0.3, -0.25) is 19.7 Å². The average Bonchev–Trinajstić information content (AvgIpc) is 2.31. The maximum atomic E-state index is 12.3. The molecule has 0 rings (SSSR count). The van der Waals surface area contributed by atoms with Crippen LogP contribution in [0.4, 0.5) is 0 Å². The predicted octanol–water partition coefficient (Wildman–Crippen LogP) is 0.357. The van der Waals surface area contributed by atoms with Gasteiger partial charge in [-0.05, 0) is 20.6 Å². The van der Waals surface area contributed by atoms with Crippen LogP contribution in [0, 0.1) is 15.5 Å². The number of nitro groups is 1. The minimum absolute atomic E-state index is 0.411. The van der Waals surface area contributed by atoms with Crippen LogP contribution in [0.3, 0.4) is 0 Å². The molecule has 7 nitrogen and oxygen atoms in total. The summed E-state index contributed by atoms with van der Waals surface area (Å²) in [7, 11) is 0. The lowest BCUT2D eigenvalue weighted by Crippen LogP contribution is -2.52. The van der Waals surface area contributed by atoms with Gasteiger partial charge in [-0.25, -0.2) is 0 Å². The van der Waals surface area contributed by atoms with Crippen molar-refractivity contribution in [3.63, 3.8) is 0 Å². The van der Waals surface area contributed by atoms with Crippen LogP contribution in [-0.2, 0) is 14.3 Å². The summed E-state index contributed by atoms with van der Waals surface area (Å²) in [5.41, 5.74) is -3.45. The van der Waals surface area contributed by atoms with Gasteiger partial charge in [0, 0.05) is 26.1 Å². The Morgan fingerprint density at radius 3 is 2.71 bits per heavy atom.